The van der Waals surface area contributed by atoms with Crippen molar-refractivity contribution in [1.82, 2.24) is 0 Å². The van der Waals surface area contributed by atoms with Crippen LogP contribution < -0.4 is 0 Å². The average molecular weight is 212 g/mol. The van der Waals surface area contributed by atoms with E-state index in [1.807, 2.05) is 18.2 Å². The minimum atomic E-state index is 0.340. The quantitative estimate of drug-likeness (QED) is 0.821. The highest BCUT2D eigenvalue weighted by atomic mass is 16.3. The second-order valence-corrected chi connectivity index (χ2v) is 4.01. The van der Waals surface area contributed by atoms with Gasteiger partial charge in [-0.15, -0.1) is 0 Å². The van der Waals surface area contributed by atoms with Crippen LogP contribution in [0.15, 0.2) is 54.6 Å². The summed E-state index contributed by atoms with van der Waals surface area (Å²) < 4.78 is 0. The van der Waals surface area contributed by atoms with Crippen LogP contribution in [0.2, 0.25) is 0 Å². The number of hydrogen-bond acceptors (Lipinski definition) is 1. The minimum absolute atomic E-state index is 0.340. The molecule has 0 aliphatic rings. The summed E-state index contributed by atoms with van der Waals surface area (Å²) in [5.74, 6) is 0.340. The first-order valence-electron chi connectivity index (χ1n) is 5.66. The Kier molecular flexibility index (Phi) is 3.60. The van der Waals surface area contributed by atoms with Gasteiger partial charge in [0, 0.05) is 0 Å². The van der Waals surface area contributed by atoms with Crippen molar-refractivity contribution in [3.63, 3.8) is 0 Å². The van der Waals surface area contributed by atoms with Crippen molar-refractivity contribution in [2.75, 3.05) is 0 Å². The van der Waals surface area contributed by atoms with Crippen molar-refractivity contribution in [3.8, 4) is 5.75 Å². The van der Waals surface area contributed by atoms with Gasteiger partial charge in [-0.1, -0.05) is 42.5 Å². The molecule has 0 aliphatic heterocycles. The molecule has 0 amide bonds. The maximum absolute atomic E-state index is 9.16. The normalized spacial score (nSPS) is 10.2. The van der Waals surface area contributed by atoms with E-state index in [-0.39, 0.29) is 0 Å². The molecular weight excluding hydrogens is 196 g/mol. The van der Waals surface area contributed by atoms with Crippen molar-refractivity contribution >= 4 is 0 Å². The highest BCUT2D eigenvalue weighted by molar-refractivity contribution is 5.26. The predicted octanol–water partition coefficient (Wildman–Crippen LogP) is 3.57. The van der Waals surface area contributed by atoms with Crippen LogP contribution >= 0.6 is 0 Å². The molecule has 2 aromatic rings. The minimum Gasteiger partial charge on any atom is -0.508 e. The van der Waals surface area contributed by atoms with Crippen LogP contribution in [0.3, 0.4) is 0 Å². The molecular formula is C15H16O. The van der Waals surface area contributed by atoms with E-state index in [4.69, 9.17) is 5.11 Å². The second kappa shape index (κ2) is 5.36. The van der Waals surface area contributed by atoms with Gasteiger partial charge in [-0.3, -0.25) is 0 Å². The molecule has 0 radical (unpaired) electrons. The summed E-state index contributed by atoms with van der Waals surface area (Å²) >= 11 is 0. The molecule has 0 atom stereocenters. The largest absolute Gasteiger partial charge is 0.508 e. The second-order valence-electron chi connectivity index (χ2n) is 4.01. The maximum atomic E-state index is 9.16. The maximum Gasteiger partial charge on any atom is 0.115 e. The lowest BCUT2D eigenvalue weighted by Gasteiger charge is -2.02. The van der Waals surface area contributed by atoms with E-state index in [9.17, 15) is 0 Å². The van der Waals surface area contributed by atoms with Crippen LogP contribution in [-0.4, -0.2) is 5.11 Å². The van der Waals surface area contributed by atoms with Crippen LogP contribution in [0.5, 0.6) is 5.75 Å². The first-order chi connectivity index (χ1) is 7.84. The van der Waals surface area contributed by atoms with Gasteiger partial charge >= 0.3 is 0 Å². The molecule has 1 nitrogen and oxygen atoms in total. The third-order valence-corrected chi connectivity index (χ3v) is 2.71. The van der Waals surface area contributed by atoms with Crippen LogP contribution in [0.25, 0.3) is 0 Å². The van der Waals surface area contributed by atoms with Crippen LogP contribution in [0.4, 0.5) is 0 Å². The van der Waals surface area contributed by atoms with Gasteiger partial charge < -0.3 is 5.11 Å². The zero-order valence-corrected chi connectivity index (χ0v) is 9.26. The van der Waals surface area contributed by atoms with Crippen molar-refractivity contribution in [1.29, 1.82) is 0 Å². The molecule has 2 aromatic carbocycles. The van der Waals surface area contributed by atoms with Gasteiger partial charge in [0.2, 0.25) is 0 Å². The summed E-state index contributed by atoms with van der Waals surface area (Å²) in [6.07, 6.45) is 3.33. The molecule has 82 valence electrons. The van der Waals surface area contributed by atoms with Crippen LogP contribution in [-0.2, 0) is 12.8 Å². The standard InChI is InChI=1S/C15H16O/c16-15-11-9-14(10-12-15)8-4-7-13-5-2-1-3-6-13/h1-3,5-6,9-12,16H,4,7-8H2. The highest BCUT2D eigenvalue weighted by Gasteiger charge is 1.95. The average Bonchev–Trinajstić information content (AvgIpc) is 2.33. The summed E-state index contributed by atoms with van der Waals surface area (Å²) in [5.41, 5.74) is 2.68. The monoisotopic (exact) mass is 212 g/mol. The molecule has 0 unspecified atom stereocenters. The number of hydrogen-bond donors (Lipinski definition) is 1. The molecule has 1 N–H and O–H groups in total. The molecule has 0 saturated carbocycles. The fraction of sp³-hybridized carbons (Fsp3) is 0.200. The lowest BCUT2D eigenvalue weighted by molar-refractivity contribution is 0.475. The topological polar surface area (TPSA) is 20.2 Å². The molecule has 0 bridgehead atoms. The molecule has 0 spiro atoms. The zero-order chi connectivity index (χ0) is 11.2. The Labute approximate surface area is 96.4 Å². The molecule has 0 saturated heterocycles. The van der Waals surface area contributed by atoms with Crippen LogP contribution in [0, 0.1) is 0 Å². The Hall–Kier alpha value is -1.76. The SMILES string of the molecule is Oc1ccc(CCCc2ccccc2)cc1. The summed E-state index contributed by atoms with van der Waals surface area (Å²) in [6, 6.07) is 18.0. The molecule has 0 fully saturated rings. The summed E-state index contributed by atoms with van der Waals surface area (Å²) in [4.78, 5) is 0. The lowest BCUT2D eigenvalue weighted by atomic mass is 10.0. The van der Waals surface area contributed by atoms with Gasteiger partial charge in [0.25, 0.3) is 0 Å². The first kappa shape index (κ1) is 10.7. The Bertz CT molecular complexity index is 417. The Balaban J connectivity index is 1.82. The van der Waals surface area contributed by atoms with E-state index in [2.05, 4.69) is 24.3 Å². The lowest BCUT2D eigenvalue weighted by Crippen LogP contribution is -1.89. The van der Waals surface area contributed by atoms with Crippen molar-refractivity contribution in [2.24, 2.45) is 0 Å². The molecule has 0 heterocycles. The number of aryl methyl sites for hydroxylation is 2. The first-order valence-corrected chi connectivity index (χ1v) is 5.66. The zero-order valence-electron chi connectivity index (χ0n) is 9.26. The molecule has 0 aromatic heterocycles. The fourth-order valence-corrected chi connectivity index (χ4v) is 1.80. The summed E-state index contributed by atoms with van der Waals surface area (Å²) in [5, 5.41) is 9.16. The van der Waals surface area contributed by atoms with Gasteiger partial charge in [0.05, 0.1) is 0 Å². The summed E-state index contributed by atoms with van der Waals surface area (Å²) in [6.45, 7) is 0. The van der Waals surface area contributed by atoms with Crippen molar-refractivity contribution < 1.29 is 5.11 Å². The Morgan fingerprint density at radius 1 is 0.688 bits per heavy atom. The van der Waals surface area contributed by atoms with Gasteiger partial charge in [0.1, 0.15) is 5.75 Å². The third kappa shape index (κ3) is 3.13. The molecule has 0 aliphatic carbocycles. The predicted molar refractivity (Wildman–Crippen MR) is 66.6 cm³/mol. The van der Waals surface area contributed by atoms with Crippen molar-refractivity contribution in [2.45, 2.75) is 19.3 Å². The van der Waals surface area contributed by atoms with Gasteiger partial charge in [-0.05, 0) is 42.5 Å². The van der Waals surface area contributed by atoms with E-state index < -0.39 is 0 Å². The number of benzene rings is 2. The fourth-order valence-electron chi connectivity index (χ4n) is 1.80. The number of phenolic OH excluding ortho intramolecular Hbond substituents is 1. The van der Waals surface area contributed by atoms with E-state index in [1.54, 1.807) is 12.1 Å². The Morgan fingerprint density at radius 3 is 1.88 bits per heavy atom. The summed E-state index contributed by atoms with van der Waals surface area (Å²) in [7, 11) is 0. The molecule has 16 heavy (non-hydrogen) atoms. The van der Waals surface area contributed by atoms with Gasteiger partial charge in [-0.25, -0.2) is 0 Å². The smallest absolute Gasteiger partial charge is 0.115 e. The number of phenols is 1. The number of rotatable bonds is 4. The molecule has 1 heteroatoms. The van der Waals surface area contributed by atoms with Gasteiger partial charge in [-0.2, -0.15) is 0 Å². The van der Waals surface area contributed by atoms with Crippen molar-refractivity contribution in [3.05, 3.63) is 65.7 Å². The van der Waals surface area contributed by atoms with E-state index in [0.717, 1.165) is 19.3 Å². The van der Waals surface area contributed by atoms with Gasteiger partial charge in [0.15, 0.2) is 0 Å². The van der Waals surface area contributed by atoms with E-state index in [1.165, 1.54) is 11.1 Å². The van der Waals surface area contributed by atoms with Crippen LogP contribution in [0.1, 0.15) is 17.5 Å². The third-order valence-electron chi connectivity index (χ3n) is 2.71. The molecule has 2 rings (SSSR count). The van der Waals surface area contributed by atoms with E-state index >= 15 is 0 Å². The Morgan fingerprint density at radius 2 is 1.25 bits per heavy atom. The highest BCUT2D eigenvalue weighted by Crippen LogP contribution is 2.12. The number of aromatic hydroxyl groups is 1. The van der Waals surface area contributed by atoms with E-state index in [0.29, 0.717) is 5.75 Å².